The highest BCUT2D eigenvalue weighted by Gasteiger charge is 2.57. The number of amides is 1. The average molecular weight is 518 g/mol. The summed E-state index contributed by atoms with van der Waals surface area (Å²) in [6.07, 6.45) is -0.308. The van der Waals surface area contributed by atoms with Crippen molar-refractivity contribution in [3.05, 3.63) is 58.4 Å². The Labute approximate surface area is 199 Å². The van der Waals surface area contributed by atoms with Gasteiger partial charge in [-0.1, -0.05) is 18.5 Å². The zero-order valence-electron chi connectivity index (χ0n) is 18.0. The number of benzene rings is 2. The van der Waals surface area contributed by atoms with E-state index in [1.165, 1.54) is 12.1 Å². The van der Waals surface area contributed by atoms with Gasteiger partial charge in [0.05, 0.1) is 27.9 Å². The van der Waals surface area contributed by atoms with Crippen LogP contribution in [-0.2, 0) is 9.84 Å². The second-order valence-corrected chi connectivity index (χ2v) is 11.6. The number of fused-ring (bicyclic) bond motifs is 2. The molecule has 0 radical (unpaired) electrons. The van der Waals surface area contributed by atoms with Gasteiger partial charge >= 0.3 is 0 Å². The van der Waals surface area contributed by atoms with E-state index in [2.05, 4.69) is 5.32 Å². The molecule has 0 aliphatic heterocycles. The predicted molar refractivity (Wildman–Crippen MR) is 119 cm³/mol. The fourth-order valence-corrected chi connectivity index (χ4v) is 7.84. The van der Waals surface area contributed by atoms with Gasteiger partial charge in [-0.3, -0.25) is 4.79 Å². The first-order valence-corrected chi connectivity index (χ1v) is 12.7. The Morgan fingerprint density at radius 2 is 1.74 bits per heavy atom. The molecule has 0 heterocycles. The summed E-state index contributed by atoms with van der Waals surface area (Å²) in [7, 11) is -3.95. The molecule has 184 valence electrons. The van der Waals surface area contributed by atoms with Crippen molar-refractivity contribution >= 4 is 33.0 Å². The fraction of sp³-hybridized carbons (Fsp3) is 0.435. The van der Waals surface area contributed by atoms with Crippen molar-refractivity contribution in [2.24, 2.45) is 23.7 Å². The first kappa shape index (κ1) is 25.0. The SMILES string of the molecule is CC1C2CC(S(=O)(=O)c3cc(C(=O)Nc4cc(F)c(F)c(F)c4)ccc3Cl)CC1C2[C@@H](O)CO. The molecule has 3 aliphatic rings. The van der Waals surface area contributed by atoms with Crippen molar-refractivity contribution in [1.29, 1.82) is 0 Å². The largest absolute Gasteiger partial charge is 0.394 e. The summed E-state index contributed by atoms with van der Waals surface area (Å²) in [5.74, 6) is -5.55. The molecule has 11 heteroatoms. The van der Waals surface area contributed by atoms with E-state index in [1.54, 1.807) is 0 Å². The topological polar surface area (TPSA) is 104 Å². The average Bonchev–Trinajstić information content (AvgIpc) is 2.81. The lowest BCUT2D eigenvalue weighted by Gasteiger charge is -2.58. The number of carbonyl (C=O) groups is 1. The van der Waals surface area contributed by atoms with Gasteiger partial charge in [-0.05, 0) is 54.7 Å². The van der Waals surface area contributed by atoms with E-state index in [9.17, 15) is 36.6 Å². The van der Waals surface area contributed by atoms with Crippen molar-refractivity contribution in [2.75, 3.05) is 11.9 Å². The first-order chi connectivity index (χ1) is 15.9. The van der Waals surface area contributed by atoms with Gasteiger partial charge in [-0.2, -0.15) is 0 Å². The Bertz CT molecular complexity index is 1200. The summed E-state index contributed by atoms with van der Waals surface area (Å²) in [5.41, 5.74) is -0.452. The maximum Gasteiger partial charge on any atom is 0.255 e. The van der Waals surface area contributed by atoms with E-state index >= 15 is 0 Å². The summed E-state index contributed by atoms with van der Waals surface area (Å²) in [6.45, 7) is 1.62. The Hall–Kier alpha value is -2.14. The van der Waals surface area contributed by atoms with Gasteiger partial charge < -0.3 is 15.5 Å². The molecule has 3 fully saturated rings. The molecule has 0 aromatic heterocycles. The number of aliphatic hydroxyl groups is 2. The molecule has 3 atom stereocenters. The maximum atomic E-state index is 13.4. The number of halogens is 4. The second-order valence-electron chi connectivity index (χ2n) is 9.01. The highest BCUT2D eigenvalue weighted by molar-refractivity contribution is 7.92. The lowest BCUT2D eigenvalue weighted by molar-refractivity contribution is -0.131. The van der Waals surface area contributed by atoms with Crippen LogP contribution in [0.15, 0.2) is 35.2 Å². The van der Waals surface area contributed by atoms with E-state index in [4.69, 9.17) is 11.6 Å². The Balaban J connectivity index is 1.57. The zero-order chi connectivity index (χ0) is 24.9. The van der Waals surface area contributed by atoms with Crippen LogP contribution in [-0.4, -0.2) is 42.5 Å². The van der Waals surface area contributed by atoms with Crippen LogP contribution in [0.25, 0.3) is 0 Å². The summed E-state index contributed by atoms with van der Waals surface area (Å²) >= 11 is 6.18. The smallest absolute Gasteiger partial charge is 0.255 e. The molecule has 2 bridgehead atoms. The molecule has 1 amide bonds. The van der Waals surface area contributed by atoms with Crippen LogP contribution in [0.5, 0.6) is 0 Å². The van der Waals surface area contributed by atoms with Crippen molar-refractivity contribution in [2.45, 2.75) is 36.0 Å². The number of anilines is 1. The van der Waals surface area contributed by atoms with Gasteiger partial charge in [0.15, 0.2) is 27.3 Å². The molecule has 3 saturated carbocycles. The van der Waals surface area contributed by atoms with E-state index < -0.39 is 44.5 Å². The fourth-order valence-electron chi connectivity index (χ4n) is 5.46. The molecule has 3 N–H and O–H groups in total. The number of hydrogen-bond donors (Lipinski definition) is 3. The minimum absolute atomic E-state index is 0.0609. The molecule has 3 aliphatic carbocycles. The summed E-state index contributed by atoms with van der Waals surface area (Å²) in [5, 5.41) is 20.8. The Kier molecular flexibility index (Phi) is 6.71. The van der Waals surface area contributed by atoms with Crippen molar-refractivity contribution in [1.82, 2.24) is 0 Å². The third kappa shape index (κ3) is 4.21. The van der Waals surface area contributed by atoms with Crippen molar-refractivity contribution in [3.8, 4) is 0 Å². The third-order valence-electron chi connectivity index (χ3n) is 7.22. The first-order valence-electron chi connectivity index (χ1n) is 10.7. The molecule has 34 heavy (non-hydrogen) atoms. The van der Waals surface area contributed by atoms with Crippen molar-refractivity contribution in [3.63, 3.8) is 0 Å². The molecule has 0 spiro atoms. The predicted octanol–water partition coefficient (Wildman–Crippen LogP) is 3.80. The maximum absolute atomic E-state index is 13.4. The number of aliphatic hydroxyl groups excluding tert-OH is 2. The normalized spacial score (nSPS) is 27.1. The lowest BCUT2D eigenvalue weighted by atomic mass is 9.49. The summed E-state index contributed by atoms with van der Waals surface area (Å²) in [6, 6.07) is 4.83. The monoisotopic (exact) mass is 517 g/mol. The molecule has 2 aromatic carbocycles. The van der Waals surface area contributed by atoms with Crippen LogP contribution >= 0.6 is 11.6 Å². The minimum atomic E-state index is -3.95. The van der Waals surface area contributed by atoms with Crippen LogP contribution < -0.4 is 5.32 Å². The third-order valence-corrected chi connectivity index (χ3v) is 9.88. The minimum Gasteiger partial charge on any atom is -0.394 e. The number of sulfone groups is 1. The zero-order valence-corrected chi connectivity index (χ0v) is 19.6. The van der Waals surface area contributed by atoms with Crippen LogP contribution in [0, 0.1) is 41.1 Å². The number of rotatable bonds is 6. The van der Waals surface area contributed by atoms with E-state index in [1.807, 2.05) is 6.92 Å². The van der Waals surface area contributed by atoms with Crippen molar-refractivity contribution < 1.29 is 36.6 Å². The van der Waals surface area contributed by atoms with E-state index in [0.29, 0.717) is 25.0 Å². The molecular weight excluding hydrogens is 495 g/mol. The molecule has 2 aromatic rings. The van der Waals surface area contributed by atoms with E-state index in [-0.39, 0.29) is 51.4 Å². The molecule has 0 saturated heterocycles. The standard InChI is InChI=1S/C23H23ClF3NO5S/c1-10-14-7-13(8-15(10)21(14)19(30)9-29)34(32,33)20-4-11(2-3-16(20)24)23(31)28-12-5-17(25)22(27)18(26)6-12/h2-6,10,13-15,19,21,29-30H,7-9H2,1H3,(H,28,31)/t10?,13?,14?,15?,19-,21?/m0/s1. The molecular formula is C23H23ClF3NO5S. The molecule has 5 rings (SSSR count). The van der Waals surface area contributed by atoms with Crippen LogP contribution in [0.4, 0.5) is 18.9 Å². The second kappa shape index (κ2) is 9.14. The van der Waals surface area contributed by atoms with Crippen LogP contribution in [0.2, 0.25) is 5.02 Å². The Morgan fingerprint density at radius 3 is 2.29 bits per heavy atom. The molecule has 6 nitrogen and oxygen atoms in total. The lowest BCUT2D eigenvalue weighted by Crippen LogP contribution is -2.58. The van der Waals surface area contributed by atoms with Gasteiger partial charge in [0.1, 0.15) is 0 Å². The highest BCUT2D eigenvalue weighted by Crippen LogP contribution is 2.58. The summed E-state index contributed by atoms with van der Waals surface area (Å²) in [4.78, 5) is 12.4. The van der Waals surface area contributed by atoms with E-state index in [0.717, 1.165) is 6.07 Å². The van der Waals surface area contributed by atoms with Gasteiger partial charge in [-0.15, -0.1) is 0 Å². The highest BCUT2D eigenvalue weighted by atomic mass is 35.5. The number of nitrogens with one attached hydrogen (secondary N) is 1. The van der Waals surface area contributed by atoms with Gasteiger partial charge in [0.2, 0.25) is 0 Å². The van der Waals surface area contributed by atoms with Crippen LogP contribution in [0.3, 0.4) is 0 Å². The summed E-state index contributed by atoms with van der Waals surface area (Å²) < 4.78 is 66.9. The Morgan fingerprint density at radius 1 is 1.15 bits per heavy atom. The quantitative estimate of drug-likeness (QED) is 0.506. The van der Waals surface area contributed by atoms with Crippen LogP contribution in [0.1, 0.15) is 30.1 Å². The van der Waals surface area contributed by atoms with Gasteiger partial charge in [0, 0.05) is 23.4 Å². The number of hydrogen-bond acceptors (Lipinski definition) is 5. The number of carbonyl (C=O) groups excluding carboxylic acids is 1. The van der Waals surface area contributed by atoms with Gasteiger partial charge in [0.25, 0.3) is 5.91 Å². The van der Waals surface area contributed by atoms with Gasteiger partial charge in [-0.25, -0.2) is 21.6 Å². The molecule has 2 unspecified atom stereocenters.